The van der Waals surface area contributed by atoms with Crippen LogP contribution in [0.25, 0.3) is 10.7 Å². The molecule has 0 radical (unpaired) electrons. The van der Waals surface area contributed by atoms with Crippen molar-refractivity contribution in [2.75, 3.05) is 6.61 Å². The molecule has 136 valence electrons. The fraction of sp³-hybridized carbons (Fsp3) is 0.353. The van der Waals surface area contributed by atoms with Crippen molar-refractivity contribution in [2.45, 2.75) is 33.9 Å². The first-order valence-corrected chi connectivity index (χ1v) is 9.04. The van der Waals surface area contributed by atoms with Gasteiger partial charge in [0.05, 0.1) is 4.88 Å². The molecule has 3 aromatic rings. The summed E-state index contributed by atoms with van der Waals surface area (Å²) in [4.78, 5) is 26.3. The monoisotopic (exact) mass is 373 g/mol. The molecule has 0 atom stereocenters. The van der Waals surface area contributed by atoms with Crippen molar-refractivity contribution in [3.05, 3.63) is 40.5 Å². The first-order chi connectivity index (χ1) is 12.5. The number of aromatic nitrogens is 5. The topological polar surface area (TPSA) is 91.9 Å². The molecule has 0 amide bonds. The molecule has 0 fully saturated rings. The molecule has 0 aromatic carbocycles. The molecule has 0 saturated carbocycles. The van der Waals surface area contributed by atoms with Crippen LogP contribution >= 0.6 is 11.3 Å². The Hall–Kier alpha value is -2.81. The van der Waals surface area contributed by atoms with E-state index < -0.39 is 5.97 Å². The Morgan fingerprint density at radius 2 is 2.12 bits per heavy atom. The zero-order valence-corrected chi connectivity index (χ0v) is 15.6. The lowest BCUT2D eigenvalue weighted by Gasteiger charge is -2.06. The van der Waals surface area contributed by atoms with E-state index in [0.29, 0.717) is 11.4 Å². The van der Waals surface area contributed by atoms with Crippen LogP contribution in [-0.4, -0.2) is 43.1 Å². The van der Waals surface area contributed by atoms with Gasteiger partial charge in [-0.05, 0) is 43.5 Å². The van der Waals surface area contributed by atoms with E-state index >= 15 is 0 Å². The zero-order valence-electron chi connectivity index (χ0n) is 14.8. The van der Waals surface area contributed by atoms with Gasteiger partial charge in [-0.15, -0.1) is 21.5 Å². The highest BCUT2D eigenvalue weighted by atomic mass is 32.1. The Balaban J connectivity index is 1.57. The third kappa shape index (κ3) is 3.72. The molecule has 0 aliphatic carbocycles. The number of carbonyl (C=O) groups excluding carboxylic acids is 2. The second-order valence-corrected chi connectivity index (χ2v) is 6.68. The van der Waals surface area contributed by atoms with E-state index in [1.807, 2.05) is 48.9 Å². The summed E-state index contributed by atoms with van der Waals surface area (Å²) in [6, 6.07) is 5.58. The molecule has 0 unspecified atom stereocenters. The second kappa shape index (κ2) is 7.61. The summed E-state index contributed by atoms with van der Waals surface area (Å²) in [6.45, 7) is 6.13. The molecule has 0 bridgehead atoms. The van der Waals surface area contributed by atoms with Gasteiger partial charge in [-0.1, -0.05) is 6.07 Å². The minimum absolute atomic E-state index is 0.195. The maximum atomic E-state index is 12.3. The van der Waals surface area contributed by atoms with Gasteiger partial charge in [-0.3, -0.25) is 4.79 Å². The number of Topliss-reactive ketones (excluding diaryl/α,β-unsaturated/α-hetero) is 1. The summed E-state index contributed by atoms with van der Waals surface area (Å²) in [6.07, 6.45) is 0. The first kappa shape index (κ1) is 18.0. The van der Waals surface area contributed by atoms with E-state index in [1.165, 1.54) is 11.3 Å². The van der Waals surface area contributed by atoms with Crippen LogP contribution in [0.3, 0.4) is 0 Å². The van der Waals surface area contributed by atoms with Crippen molar-refractivity contribution in [2.24, 2.45) is 0 Å². The molecule has 3 heterocycles. The molecular weight excluding hydrogens is 354 g/mol. The van der Waals surface area contributed by atoms with Gasteiger partial charge < -0.3 is 9.30 Å². The van der Waals surface area contributed by atoms with Gasteiger partial charge in [0.2, 0.25) is 11.6 Å². The van der Waals surface area contributed by atoms with Gasteiger partial charge in [-0.25, -0.2) is 4.79 Å². The molecule has 8 nitrogen and oxygen atoms in total. The van der Waals surface area contributed by atoms with Crippen LogP contribution in [0, 0.1) is 13.8 Å². The predicted octanol–water partition coefficient (Wildman–Crippen LogP) is 2.27. The van der Waals surface area contributed by atoms with Crippen LogP contribution in [0.2, 0.25) is 0 Å². The number of ketones is 1. The SMILES string of the molecule is CCn1c(C)cc(C(=O)COC(=O)Cn2nnc(-c3cccs3)n2)c1C. The van der Waals surface area contributed by atoms with Crippen molar-refractivity contribution in [1.29, 1.82) is 0 Å². The summed E-state index contributed by atoms with van der Waals surface area (Å²) in [5.74, 6) is -0.356. The number of rotatable bonds is 7. The largest absolute Gasteiger partial charge is 0.456 e. The lowest BCUT2D eigenvalue weighted by Crippen LogP contribution is -2.20. The standard InChI is InChI=1S/C17H19N5O3S/c1-4-21-11(2)8-13(12(21)3)14(23)10-25-16(24)9-22-19-17(18-20-22)15-6-5-7-26-15/h5-8H,4,9-10H2,1-3H3. The van der Waals surface area contributed by atoms with Gasteiger partial charge in [-0.2, -0.15) is 4.80 Å². The van der Waals surface area contributed by atoms with Gasteiger partial charge in [0.15, 0.2) is 13.2 Å². The first-order valence-electron chi connectivity index (χ1n) is 8.16. The highest BCUT2D eigenvalue weighted by Crippen LogP contribution is 2.19. The summed E-state index contributed by atoms with van der Waals surface area (Å²) in [7, 11) is 0. The van der Waals surface area contributed by atoms with Crippen molar-refractivity contribution < 1.29 is 14.3 Å². The molecule has 9 heteroatoms. The molecule has 0 aliphatic heterocycles. The lowest BCUT2D eigenvalue weighted by atomic mass is 10.1. The number of nitrogens with zero attached hydrogens (tertiary/aromatic N) is 5. The van der Waals surface area contributed by atoms with Crippen LogP contribution < -0.4 is 0 Å². The predicted molar refractivity (Wildman–Crippen MR) is 96.0 cm³/mol. The third-order valence-corrected chi connectivity index (χ3v) is 4.89. The van der Waals surface area contributed by atoms with Crippen molar-refractivity contribution in [3.63, 3.8) is 0 Å². The zero-order chi connectivity index (χ0) is 18.7. The maximum absolute atomic E-state index is 12.3. The van der Waals surface area contributed by atoms with Crippen molar-refractivity contribution in [1.82, 2.24) is 24.8 Å². The van der Waals surface area contributed by atoms with E-state index in [1.54, 1.807) is 0 Å². The van der Waals surface area contributed by atoms with Crippen LogP contribution in [0.5, 0.6) is 0 Å². The number of hydrogen-bond donors (Lipinski definition) is 0. The molecule has 0 saturated heterocycles. The van der Waals surface area contributed by atoms with Crippen molar-refractivity contribution in [3.8, 4) is 10.7 Å². The Kier molecular flexibility index (Phi) is 5.27. The quantitative estimate of drug-likeness (QED) is 0.466. The molecule has 0 aliphatic rings. The third-order valence-electron chi connectivity index (χ3n) is 4.02. The van der Waals surface area contributed by atoms with E-state index in [4.69, 9.17) is 4.74 Å². The van der Waals surface area contributed by atoms with Gasteiger partial charge in [0.1, 0.15) is 0 Å². The summed E-state index contributed by atoms with van der Waals surface area (Å²) in [5, 5.41) is 13.8. The van der Waals surface area contributed by atoms with Crippen LogP contribution in [-0.2, 0) is 22.6 Å². The molecule has 26 heavy (non-hydrogen) atoms. The number of hydrogen-bond acceptors (Lipinski definition) is 7. The minimum Gasteiger partial charge on any atom is -0.456 e. The smallest absolute Gasteiger partial charge is 0.330 e. The van der Waals surface area contributed by atoms with Crippen LogP contribution in [0.4, 0.5) is 0 Å². The van der Waals surface area contributed by atoms with E-state index in [0.717, 1.165) is 27.6 Å². The number of aryl methyl sites for hydroxylation is 1. The number of carbonyl (C=O) groups is 2. The minimum atomic E-state index is -0.585. The van der Waals surface area contributed by atoms with Crippen molar-refractivity contribution >= 4 is 23.1 Å². The summed E-state index contributed by atoms with van der Waals surface area (Å²) < 4.78 is 7.12. The highest BCUT2D eigenvalue weighted by molar-refractivity contribution is 7.13. The molecule has 3 rings (SSSR count). The Morgan fingerprint density at radius 1 is 1.31 bits per heavy atom. The highest BCUT2D eigenvalue weighted by Gasteiger charge is 2.17. The van der Waals surface area contributed by atoms with Crippen LogP contribution in [0.15, 0.2) is 23.6 Å². The number of ether oxygens (including phenoxy) is 1. The van der Waals surface area contributed by atoms with Gasteiger partial charge >= 0.3 is 5.97 Å². The summed E-state index contributed by atoms with van der Waals surface area (Å²) >= 11 is 1.49. The molecule has 3 aromatic heterocycles. The Bertz CT molecular complexity index is 927. The van der Waals surface area contributed by atoms with Gasteiger partial charge in [0, 0.05) is 23.5 Å². The van der Waals surface area contributed by atoms with Crippen LogP contribution in [0.1, 0.15) is 28.7 Å². The fourth-order valence-corrected chi connectivity index (χ4v) is 3.42. The van der Waals surface area contributed by atoms with E-state index in [9.17, 15) is 9.59 Å². The second-order valence-electron chi connectivity index (χ2n) is 5.73. The Labute approximate surface area is 154 Å². The normalized spacial score (nSPS) is 10.9. The van der Waals surface area contributed by atoms with E-state index in [-0.39, 0.29) is 18.9 Å². The van der Waals surface area contributed by atoms with E-state index in [2.05, 4.69) is 15.4 Å². The number of thiophene rings is 1. The number of esters is 1. The number of tetrazole rings is 1. The molecule has 0 spiro atoms. The lowest BCUT2D eigenvalue weighted by molar-refractivity contribution is -0.143. The Morgan fingerprint density at radius 3 is 2.77 bits per heavy atom. The summed E-state index contributed by atoms with van der Waals surface area (Å²) in [5.41, 5.74) is 2.47. The maximum Gasteiger partial charge on any atom is 0.330 e. The molecular formula is C17H19N5O3S. The molecule has 0 N–H and O–H groups in total. The average Bonchev–Trinajstić information content (AvgIpc) is 3.33. The average molecular weight is 373 g/mol. The van der Waals surface area contributed by atoms with Gasteiger partial charge in [0.25, 0.3) is 0 Å². The fourth-order valence-electron chi connectivity index (χ4n) is 2.77.